The molecule has 8 aromatic rings. The Morgan fingerprint density at radius 3 is 1.69 bits per heavy atom. The van der Waals surface area contributed by atoms with Crippen molar-refractivity contribution >= 4 is 39.3 Å². The highest BCUT2D eigenvalue weighted by Crippen LogP contribution is 2.47. The van der Waals surface area contributed by atoms with Crippen LogP contribution in [0, 0.1) is 13.8 Å². The third kappa shape index (κ3) is 5.86. The van der Waals surface area contributed by atoms with Gasteiger partial charge in [-0.15, -0.1) is 0 Å². The van der Waals surface area contributed by atoms with Crippen molar-refractivity contribution in [2.45, 2.75) is 26.2 Å². The Kier molecular flexibility index (Phi) is 8.43. The minimum Gasteiger partial charge on any atom is -0.307 e. The smallest absolute Gasteiger partial charge is 0.307 e. The van der Waals surface area contributed by atoms with Crippen LogP contribution in [0.3, 0.4) is 0 Å². The minimum absolute atomic E-state index is 0.0101. The van der Waals surface area contributed by atoms with Gasteiger partial charge in [0.15, 0.2) is 0 Å². The summed E-state index contributed by atoms with van der Waals surface area (Å²) >= 11 is 0. The van der Waals surface area contributed by atoms with Crippen molar-refractivity contribution in [3.05, 3.63) is 179 Å². The summed E-state index contributed by atoms with van der Waals surface area (Å²) < 4.78 is 87.7. The van der Waals surface area contributed by atoms with Crippen LogP contribution in [0.4, 0.5) is 32.0 Å². The molecule has 286 valence electrons. The molecule has 4 nitrogen and oxygen atoms in total. The molecule has 58 heavy (non-hydrogen) atoms. The Bertz CT molecular complexity index is 2980. The molecule has 0 spiro atoms. The zero-order chi connectivity index (χ0) is 40.7. The molecule has 0 fully saturated rings. The first-order chi connectivity index (χ1) is 27.7. The van der Waals surface area contributed by atoms with Crippen molar-refractivity contribution in [2.24, 2.45) is 0 Å². The molecular formula is C48H30F6N2O2. The Morgan fingerprint density at radius 1 is 0.483 bits per heavy atom. The van der Waals surface area contributed by atoms with Crippen LogP contribution in [0.2, 0.25) is 0 Å². The van der Waals surface area contributed by atoms with E-state index in [1.807, 2.05) is 92.7 Å². The lowest BCUT2D eigenvalue weighted by Crippen LogP contribution is -2.29. The predicted molar refractivity (Wildman–Crippen MR) is 214 cm³/mol. The van der Waals surface area contributed by atoms with E-state index in [2.05, 4.69) is 0 Å². The topological polar surface area (TPSA) is 42.3 Å². The van der Waals surface area contributed by atoms with E-state index in [1.165, 1.54) is 12.1 Å². The van der Waals surface area contributed by atoms with E-state index < -0.39 is 40.9 Å². The number of hydrogen-bond acceptors (Lipinski definition) is 2. The van der Waals surface area contributed by atoms with E-state index in [1.54, 1.807) is 41.0 Å². The summed E-state index contributed by atoms with van der Waals surface area (Å²) in [7, 11) is 0. The van der Waals surface area contributed by atoms with Crippen LogP contribution in [0.15, 0.2) is 146 Å². The van der Waals surface area contributed by atoms with E-state index in [-0.39, 0.29) is 34.0 Å². The fourth-order valence-electron chi connectivity index (χ4n) is 8.22. The van der Waals surface area contributed by atoms with Gasteiger partial charge in [-0.05, 0) is 78.1 Å². The number of nitrogens with zero attached hydrogens (tertiary/aromatic N) is 2. The number of anilines is 1. The highest BCUT2D eigenvalue weighted by molar-refractivity contribution is 6.36. The molecule has 0 bridgehead atoms. The van der Waals surface area contributed by atoms with E-state index >= 15 is 0 Å². The number of carbonyl (C=O) groups excluding carboxylic acids is 2. The lowest BCUT2D eigenvalue weighted by molar-refractivity contribution is -0.142. The minimum atomic E-state index is -5.16. The van der Waals surface area contributed by atoms with E-state index in [0.29, 0.717) is 33.6 Å². The average Bonchev–Trinajstić information content (AvgIpc) is 3.68. The molecular weight excluding hydrogens is 751 g/mol. The number of para-hydroxylation sites is 2. The van der Waals surface area contributed by atoms with E-state index in [0.717, 1.165) is 38.8 Å². The van der Waals surface area contributed by atoms with Crippen molar-refractivity contribution in [3.63, 3.8) is 0 Å². The molecule has 1 aromatic heterocycles. The Balaban J connectivity index is 1.34. The molecule has 0 N–H and O–H groups in total. The molecule has 9 rings (SSSR count). The van der Waals surface area contributed by atoms with Gasteiger partial charge < -0.3 is 4.57 Å². The zero-order valence-electron chi connectivity index (χ0n) is 30.8. The number of aryl methyl sites for hydroxylation is 2. The SMILES string of the molecule is Cc1ccc(-c2cccc3c4cccc(-c5ccc(C(F)(F)F)cc5C(F)(F)F)c4n(-c4cccc5c4C(=O)N(c4ccc(-c6ccccc6)cc4)C5=O)c23)c(C)c1. The summed E-state index contributed by atoms with van der Waals surface area (Å²) in [6, 6.07) is 39.2. The van der Waals surface area contributed by atoms with Crippen molar-refractivity contribution < 1.29 is 35.9 Å². The van der Waals surface area contributed by atoms with E-state index in [9.17, 15) is 35.9 Å². The molecule has 2 amide bonds. The fourth-order valence-corrected chi connectivity index (χ4v) is 8.22. The largest absolute Gasteiger partial charge is 0.417 e. The Labute approximate surface area is 328 Å². The van der Waals surface area contributed by atoms with Crippen LogP contribution < -0.4 is 4.90 Å². The monoisotopic (exact) mass is 780 g/mol. The lowest BCUT2D eigenvalue weighted by Gasteiger charge is -2.19. The number of aromatic nitrogens is 1. The van der Waals surface area contributed by atoms with Gasteiger partial charge in [0.1, 0.15) is 0 Å². The second-order valence-electron chi connectivity index (χ2n) is 14.4. The van der Waals surface area contributed by atoms with Gasteiger partial charge in [0, 0.05) is 21.9 Å². The van der Waals surface area contributed by atoms with Gasteiger partial charge in [0.25, 0.3) is 11.8 Å². The van der Waals surface area contributed by atoms with Crippen LogP contribution in [-0.4, -0.2) is 16.4 Å². The highest BCUT2D eigenvalue weighted by Gasteiger charge is 2.41. The second-order valence-corrected chi connectivity index (χ2v) is 14.4. The lowest BCUT2D eigenvalue weighted by atomic mass is 9.94. The van der Waals surface area contributed by atoms with Crippen molar-refractivity contribution in [1.29, 1.82) is 0 Å². The summed E-state index contributed by atoms with van der Waals surface area (Å²) in [4.78, 5) is 30.0. The van der Waals surface area contributed by atoms with Crippen LogP contribution in [-0.2, 0) is 12.4 Å². The molecule has 7 aromatic carbocycles. The van der Waals surface area contributed by atoms with Crippen LogP contribution in [0.5, 0.6) is 0 Å². The van der Waals surface area contributed by atoms with E-state index in [4.69, 9.17) is 0 Å². The Hall–Kier alpha value is -6.94. The number of benzene rings is 7. The summed E-state index contributed by atoms with van der Waals surface area (Å²) in [6.07, 6.45) is -10.2. The number of imide groups is 1. The van der Waals surface area contributed by atoms with Crippen molar-refractivity contribution in [3.8, 4) is 39.1 Å². The van der Waals surface area contributed by atoms with Gasteiger partial charge in [-0.3, -0.25) is 9.59 Å². The molecule has 0 atom stereocenters. The van der Waals surface area contributed by atoms with Gasteiger partial charge in [-0.2, -0.15) is 26.3 Å². The van der Waals surface area contributed by atoms with Gasteiger partial charge in [-0.25, -0.2) is 4.90 Å². The third-order valence-electron chi connectivity index (χ3n) is 10.8. The van der Waals surface area contributed by atoms with Crippen LogP contribution in [0.25, 0.3) is 60.9 Å². The first-order valence-corrected chi connectivity index (χ1v) is 18.3. The summed E-state index contributed by atoms with van der Waals surface area (Å²) in [5, 5.41) is 1.12. The first kappa shape index (κ1) is 36.7. The molecule has 1 aliphatic rings. The maximum absolute atomic E-state index is 14.8. The summed E-state index contributed by atoms with van der Waals surface area (Å²) in [5.74, 6) is -1.21. The Morgan fingerprint density at radius 2 is 1.07 bits per heavy atom. The molecule has 0 unspecified atom stereocenters. The highest BCUT2D eigenvalue weighted by atomic mass is 19.4. The molecule has 0 aliphatic carbocycles. The van der Waals surface area contributed by atoms with Crippen LogP contribution >= 0.6 is 0 Å². The molecule has 0 saturated heterocycles. The number of amides is 2. The zero-order valence-corrected chi connectivity index (χ0v) is 30.8. The number of carbonyl (C=O) groups is 2. The maximum Gasteiger partial charge on any atom is 0.417 e. The van der Waals surface area contributed by atoms with Crippen LogP contribution in [0.1, 0.15) is 43.0 Å². The number of fused-ring (bicyclic) bond motifs is 4. The molecule has 2 heterocycles. The summed E-state index contributed by atoms with van der Waals surface area (Å²) in [5.41, 5.74) is 3.34. The second kappa shape index (κ2) is 13.3. The first-order valence-electron chi connectivity index (χ1n) is 18.3. The fraction of sp³-hybridized carbons (Fsp3) is 0.0833. The number of hydrogen-bond donors (Lipinski definition) is 0. The average molecular weight is 781 g/mol. The van der Waals surface area contributed by atoms with Gasteiger partial charge in [0.05, 0.1) is 44.7 Å². The van der Waals surface area contributed by atoms with Gasteiger partial charge >= 0.3 is 12.4 Å². The number of rotatable bonds is 5. The van der Waals surface area contributed by atoms with Gasteiger partial charge in [-0.1, -0.05) is 115 Å². The molecule has 0 radical (unpaired) electrons. The normalized spacial score (nSPS) is 13.2. The number of alkyl halides is 6. The molecule has 1 aliphatic heterocycles. The summed E-state index contributed by atoms with van der Waals surface area (Å²) in [6.45, 7) is 3.90. The van der Waals surface area contributed by atoms with Gasteiger partial charge in [0.2, 0.25) is 0 Å². The quantitative estimate of drug-likeness (QED) is 0.129. The predicted octanol–water partition coefficient (Wildman–Crippen LogP) is 13.2. The molecule has 0 saturated carbocycles. The standard InChI is InChI=1S/C48H30F6N2O2/c1-27-17-23-33(28(2)25-27)35-11-6-13-37-38-14-7-12-36(34-24-20-31(47(49,50)51)26-40(34)48(52,53)54)44(38)56(43(35)37)41-16-8-15-39-42(41)46(58)55(45(39)57)32-21-18-30(19-22-32)29-9-4-3-5-10-29/h3-26H,1-2H3. The third-order valence-corrected chi connectivity index (χ3v) is 10.8. The van der Waals surface area contributed by atoms with Crippen molar-refractivity contribution in [2.75, 3.05) is 4.90 Å². The molecule has 10 heteroatoms. The maximum atomic E-state index is 14.8. The van der Waals surface area contributed by atoms with Crippen molar-refractivity contribution in [1.82, 2.24) is 4.57 Å². The number of halogens is 6.